The highest BCUT2D eigenvalue weighted by atomic mass is 32.1. The minimum absolute atomic E-state index is 0.214. The van der Waals surface area contributed by atoms with Gasteiger partial charge in [-0.05, 0) is 54.6 Å². The Kier molecular flexibility index (Phi) is 3.87. The molecule has 1 aliphatic heterocycles. The molecule has 6 heteroatoms. The van der Waals surface area contributed by atoms with Crippen LogP contribution in [0, 0.1) is 13.8 Å². The van der Waals surface area contributed by atoms with Gasteiger partial charge in [0.1, 0.15) is 11.3 Å². The van der Waals surface area contributed by atoms with E-state index in [2.05, 4.69) is 39.7 Å². The minimum Gasteiger partial charge on any atom is -0.361 e. The number of anilines is 1. The lowest BCUT2D eigenvalue weighted by Gasteiger charge is -2.11. The van der Waals surface area contributed by atoms with Crippen molar-refractivity contribution in [2.45, 2.75) is 20.4 Å². The lowest BCUT2D eigenvalue weighted by molar-refractivity contribution is 0.102. The van der Waals surface area contributed by atoms with E-state index >= 15 is 0 Å². The Morgan fingerprint density at radius 3 is 2.82 bits per heavy atom. The van der Waals surface area contributed by atoms with Gasteiger partial charge in [0.05, 0.1) is 12.2 Å². The number of aromatic nitrogens is 1. The fourth-order valence-electron chi connectivity index (χ4n) is 3.63. The smallest absolute Gasteiger partial charge is 0.261 e. The maximum atomic E-state index is 12.8. The Morgan fingerprint density at radius 1 is 1.18 bits per heavy atom. The van der Waals surface area contributed by atoms with Crippen LogP contribution in [0.5, 0.6) is 0 Å². The van der Waals surface area contributed by atoms with E-state index in [0.29, 0.717) is 23.6 Å². The lowest BCUT2D eigenvalue weighted by Crippen LogP contribution is -2.14. The van der Waals surface area contributed by atoms with Crippen molar-refractivity contribution in [2.75, 3.05) is 5.32 Å². The quantitative estimate of drug-likeness (QED) is 0.515. The van der Waals surface area contributed by atoms with Gasteiger partial charge in [0.25, 0.3) is 5.91 Å². The van der Waals surface area contributed by atoms with E-state index in [9.17, 15) is 4.79 Å². The maximum absolute atomic E-state index is 12.8. The molecule has 28 heavy (non-hydrogen) atoms. The number of carbonyl (C=O) groups excluding carboxylic acids is 1. The van der Waals surface area contributed by atoms with Crippen LogP contribution >= 0.6 is 11.3 Å². The molecule has 138 valence electrons. The third kappa shape index (κ3) is 2.73. The van der Waals surface area contributed by atoms with Gasteiger partial charge in [0, 0.05) is 27.0 Å². The summed E-state index contributed by atoms with van der Waals surface area (Å²) < 4.78 is 6.37. The van der Waals surface area contributed by atoms with Crippen LogP contribution in [0.15, 0.2) is 52.0 Å². The molecule has 0 unspecified atom stereocenters. The summed E-state index contributed by atoms with van der Waals surface area (Å²) in [6.45, 7) is 4.17. The van der Waals surface area contributed by atoms with Crippen LogP contribution in [0.4, 0.5) is 5.69 Å². The second-order valence-corrected chi connectivity index (χ2v) is 7.95. The zero-order valence-corrected chi connectivity index (χ0v) is 16.3. The molecule has 0 bridgehead atoms. The zero-order chi connectivity index (χ0) is 19.3. The predicted octanol–water partition coefficient (Wildman–Crippen LogP) is 5.36. The van der Waals surface area contributed by atoms with Gasteiger partial charge in [-0.15, -0.1) is 11.3 Å². The highest BCUT2D eigenvalue weighted by molar-refractivity contribution is 7.22. The van der Waals surface area contributed by atoms with Crippen molar-refractivity contribution < 1.29 is 9.32 Å². The summed E-state index contributed by atoms with van der Waals surface area (Å²) in [6.07, 6.45) is 1.87. The van der Waals surface area contributed by atoms with Gasteiger partial charge in [-0.2, -0.15) is 0 Å². The Balaban J connectivity index is 1.58. The summed E-state index contributed by atoms with van der Waals surface area (Å²) in [4.78, 5) is 18.4. The zero-order valence-electron chi connectivity index (χ0n) is 15.4. The fraction of sp³-hybridized carbons (Fsp3) is 0.136. The van der Waals surface area contributed by atoms with Crippen LogP contribution in [0.3, 0.4) is 0 Å². The highest BCUT2D eigenvalue weighted by Crippen LogP contribution is 2.39. The van der Waals surface area contributed by atoms with E-state index < -0.39 is 0 Å². The second-order valence-electron chi connectivity index (χ2n) is 6.86. The van der Waals surface area contributed by atoms with E-state index in [0.717, 1.165) is 16.8 Å². The number of carbonyl (C=O) groups is 1. The van der Waals surface area contributed by atoms with Gasteiger partial charge in [0.15, 0.2) is 0 Å². The van der Waals surface area contributed by atoms with Crippen molar-refractivity contribution >= 4 is 39.2 Å². The van der Waals surface area contributed by atoms with Crippen molar-refractivity contribution in [1.29, 1.82) is 0 Å². The van der Waals surface area contributed by atoms with E-state index in [1.54, 1.807) is 25.2 Å². The van der Waals surface area contributed by atoms with Crippen molar-refractivity contribution in [1.82, 2.24) is 5.16 Å². The minimum atomic E-state index is -0.214. The Hall–Kier alpha value is -3.25. The largest absolute Gasteiger partial charge is 0.361 e. The predicted molar refractivity (Wildman–Crippen MR) is 112 cm³/mol. The Labute approximate surface area is 165 Å². The molecule has 2 aromatic carbocycles. The molecule has 0 saturated carbocycles. The number of aryl methyl sites for hydroxylation is 2. The molecule has 0 atom stereocenters. The van der Waals surface area contributed by atoms with E-state index in [1.807, 2.05) is 24.4 Å². The number of amides is 1. The van der Waals surface area contributed by atoms with Gasteiger partial charge in [-0.3, -0.25) is 9.79 Å². The molecule has 0 aliphatic carbocycles. The van der Waals surface area contributed by atoms with Gasteiger partial charge in [-0.1, -0.05) is 23.4 Å². The average molecular weight is 387 g/mol. The second kappa shape index (κ2) is 6.42. The van der Waals surface area contributed by atoms with Crippen molar-refractivity contribution in [3.8, 4) is 10.4 Å². The molecule has 5 nitrogen and oxygen atoms in total. The molecule has 0 radical (unpaired) electrons. The molecule has 1 amide bonds. The van der Waals surface area contributed by atoms with Crippen LogP contribution in [0.1, 0.15) is 32.9 Å². The number of aliphatic imine (C=N–C) groups is 1. The summed E-state index contributed by atoms with van der Waals surface area (Å²) in [5.41, 5.74) is 5.17. The summed E-state index contributed by atoms with van der Waals surface area (Å²) in [6, 6.07) is 14.6. The number of nitrogens with one attached hydrogen (secondary N) is 1. The third-order valence-corrected chi connectivity index (χ3v) is 6.12. The number of hydrogen-bond acceptors (Lipinski definition) is 5. The lowest BCUT2D eigenvalue weighted by atomic mass is 10.00. The number of nitrogens with zero attached hydrogens (tertiary/aromatic N) is 2. The SMILES string of the molecule is Cc1noc(C)c1C(=O)Nc1cc2c(c(-c3cc4ccccc4s3)c1)CN=C2. The van der Waals surface area contributed by atoms with Gasteiger partial charge in [-0.25, -0.2) is 0 Å². The maximum Gasteiger partial charge on any atom is 0.261 e. The molecular formula is C22H17N3O2S. The summed E-state index contributed by atoms with van der Waals surface area (Å²) >= 11 is 1.75. The van der Waals surface area contributed by atoms with Crippen LogP contribution in [-0.4, -0.2) is 17.3 Å². The molecule has 0 spiro atoms. The van der Waals surface area contributed by atoms with Crippen molar-refractivity contribution in [3.05, 3.63) is 70.6 Å². The van der Waals surface area contributed by atoms with Crippen molar-refractivity contribution in [2.24, 2.45) is 4.99 Å². The molecule has 4 aromatic rings. The van der Waals surface area contributed by atoms with Gasteiger partial charge >= 0.3 is 0 Å². The first-order valence-corrected chi connectivity index (χ1v) is 9.82. The van der Waals surface area contributed by atoms with Gasteiger partial charge < -0.3 is 9.84 Å². The molecule has 1 aliphatic rings. The van der Waals surface area contributed by atoms with E-state index in [4.69, 9.17) is 4.52 Å². The van der Waals surface area contributed by atoms with Crippen molar-refractivity contribution in [3.63, 3.8) is 0 Å². The monoisotopic (exact) mass is 387 g/mol. The van der Waals surface area contributed by atoms with Crippen LogP contribution in [0.25, 0.3) is 20.5 Å². The summed E-state index contributed by atoms with van der Waals surface area (Å²) in [5, 5.41) is 8.10. The number of fused-ring (bicyclic) bond motifs is 2. The first-order valence-electron chi connectivity index (χ1n) is 9.00. The topological polar surface area (TPSA) is 67.5 Å². The van der Waals surface area contributed by atoms with Crippen LogP contribution in [0.2, 0.25) is 0 Å². The standard InChI is InChI=1S/C22H17N3O2S/c1-12-21(13(2)27-25-12)22(26)24-16-7-15-10-23-11-18(15)17(9-16)20-8-14-5-3-4-6-19(14)28-20/h3-10H,11H2,1-2H3,(H,24,26). The number of hydrogen-bond donors (Lipinski definition) is 1. The molecule has 0 fully saturated rings. The normalized spacial score (nSPS) is 12.5. The first-order chi connectivity index (χ1) is 13.6. The fourth-order valence-corrected chi connectivity index (χ4v) is 4.74. The first kappa shape index (κ1) is 16.9. The molecule has 2 aromatic heterocycles. The van der Waals surface area contributed by atoms with Gasteiger partial charge in [0.2, 0.25) is 0 Å². The Bertz CT molecular complexity index is 1210. The summed E-state index contributed by atoms with van der Waals surface area (Å²) in [5.74, 6) is 0.302. The molecular weight excluding hydrogens is 370 g/mol. The highest BCUT2D eigenvalue weighted by Gasteiger charge is 2.20. The van der Waals surface area contributed by atoms with E-state index in [-0.39, 0.29) is 5.91 Å². The van der Waals surface area contributed by atoms with Crippen LogP contribution < -0.4 is 5.32 Å². The Morgan fingerprint density at radius 2 is 2.04 bits per heavy atom. The van der Waals surface area contributed by atoms with E-state index in [1.165, 1.54) is 20.5 Å². The third-order valence-electron chi connectivity index (χ3n) is 4.97. The average Bonchev–Trinajstić information content (AvgIpc) is 3.39. The molecule has 3 heterocycles. The molecule has 5 rings (SSSR count). The number of benzene rings is 2. The molecule has 1 N–H and O–H groups in total. The van der Waals surface area contributed by atoms with Crippen LogP contribution in [-0.2, 0) is 6.54 Å². The summed E-state index contributed by atoms with van der Waals surface area (Å²) in [7, 11) is 0. The number of thiophene rings is 1. The number of rotatable bonds is 3. The molecule has 0 saturated heterocycles.